The predicted octanol–water partition coefficient (Wildman–Crippen LogP) is 5.03. The number of rotatable bonds is 7. The van der Waals surface area contributed by atoms with Crippen molar-refractivity contribution in [2.24, 2.45) is 0 Å². The maximum Gasteiger partial charge on any atom is 0.266 e. The molecule has 0 radical (unpaired) electrons. The van der Waals surface area contributed by atoms with Gasteiger partial charge in [-0.2, -0.15) is 10.2 Å². The van der Waals surface area contributed by atoms with Crippen LogP contribution in [0.3, 0.4) is 0 Å². The van der Waals surface area contributed by atoms with Crippen molar-refractivity contribution in [1.82, 2.24) is 4.98 Å². The molecule has 8 heteroatoms. The first-order valence-corrected chi connectivity index (χ1v) is 11.5. The Labute approximate surface area is 203 Å². The lowest BCUT2D eigenvalue weighted by atomic mass is 10.2. The SMILES string of the molecule is COc1ccc(N2CCN(c3oc(-c4ccc(COc5ccc(C)cc5)o4)nc3C#N)CC2)cc1. The van der Waals surface area contributed by atoms with Gasteiger partial charge in [0.15, 0.2) is 5.76 Å². The highest BCUT2D eigenvalue weighted by atomic mass is 16.5. The van der Waals surface area contributed by atoms with Crippen molar-refractivity contribution in [3.05, 3.63) is 77.7 Å². The van der Waals surface area contributed by atoms with Crippen molar-refractivity contribution in [3.63, 3.8) is 0 Å². The van der Waals surface area contributed by atoms with E-state index in [-0.39, 0.29) is 18.2 Å². The number of nitriles is 1. The largest absolute Gasteiger partial charge is 0.497 e. The summed E-state index contributed by atoms with van der Waals surface area (Å²) in [6.07, 6.45) is 0. The molecule has 0 saturated carbocycles. The summed E-state index contributed by atoms with van der Waals surface area (Å²) in [5, 5.41) is 9.65. The van der Waals surface area contributed by atoms with Crippen molar-refractivity contribution in [2.75, 3.05) is 43.1 Å². The van der Waals surface area contributed by atoms with Crippen molar-refractivity contribution in [3.8, 4) is 29.2 Å². The second kappa shape index (κ2) is 9.85. The third kappa shape index (κ3) is 4.94. The Morgan fingerprint density at radius 2 is 1.57 bits per heavy atom. The second-order valence-corrected chi connectivity index (χ2v) is 8.32. The van der Waals surface area contributed by atoms with E-state index in [1.54, 1.807) is 13.2 Å². The zero-order chi connectivity index (χ0) is 24.2. The highest BCUT2D eigenvalue weighted by molar-refractivity contribution is 5.57. The molecule has 1 saturated heterocycles. The van der Waals surface area contributed by atoms with Gasteiger partial charge < -0.3 is 28.1 Å². The molecule has 1 aliphatic heterocycles. The standard InChI is InChI=1S/C27H26N4O4/c1-19-3-7-22(8-4-19)33-18-23-11-12-25(34-23)26-29-24(17-28)27(35-26)31-15-13-30(14-16-31)20-5-9-21(32-2)10-6-20/h3-12H,13-16,18H2,1-2H3. The first kappa shape index (κ1) is 22.4. The summed E-state index contributed by atoms with van der Waals surface area (Å²) in [6, 6.07) is 21.6. The van der Waals surface area contributed by atoms with Gasteiger partial charge in [-0.25, -0.2) is 0 Å². The minimum atomic E-state index is 0.256. The van der Waals surface area contributed by atoms with Crippen LogP contribution in [-0.4, -0.2) is 38.3 Å². The van der Waals surface area contributed by atoms with Gasteiger partial charge in [-0.3, -0.25) is 0 Å². The predicted molar refractivity (Wildman–Crippen MR) is 132 cm³/mol. The molecule has 1 aliphatic rings. The van der Waals surface area contributed by atoms with E-state index in [4.69, 9.17) is 18.3 Å². The molecular formula is C27H26N4O4. The molecule has 0 aliphatic carbocycles. The van der Waals surface area contributed by atoms with Crippen LogP contribution in [0, 0.1) is 18.3 Å². The van der Waals surface area contributed by atoms with E-state index in [2.05, 4.69) is 33.0 Å². The lowest BCUT2D eigenvalue weighted by Gasteiger charge is -2.35. The topological polar surface area (TPSA) is 87.9 Å². The minimum Gasteiger partial charge on any atom is -0.497 e. The Hall–Kier alpha value is -4.38. The summed E-state index contributed by atoms with van der Waals surface area (Å²) in [4.78, 5) is 8.73. The van der Waals surface area contributed by atoms with Gasteiger partial charge in [0, 0.05) is 31.9 Å². The van der Waals surface area contributed by atoms with Gasteiger partial charge in [-0.15, -0.1) is 0 Å². The number of nitrogens with zero attached hydrogens (tertiary/aromatic N) is 4. The Balaban J connectivity index is 1.24. The summed E-state index contributed by atoms with van der Waals surface area (Å²) in [5.74, 6) is 3.48. The van der Waals surface area contributed by atoms with Crippen molar-refractivity contribution >= 4 is 11.6 Å². The molecule has 178 valence electrons. The maximum absolute atomic E-state index is 9.65. The number of ether oxygens (including phenoxy) is 2. The van der Waals surface area contributed by atoms with Gasteiger partial charge in [0.1, 0.15) is 29.9 Å². The Morgan fingerprint density at radius 1 is 0.886 bits per heavy atom. The average molecular weight is 471 g/mol. The van der Waals surface area contributed by atoms with Gasteiger partial charge in [0.25, 0.3) is 5.89 Å². The first-order chi connectivity index (χ1) is 17.1. The van der Waals surface area contributed by atoms with Crippen LogP contribution in [0.5, 0.6) is 11.5 Å². The molecular weight excluding hydrogens is 444 g/mol. The minimum absolute atomic E-state index is 0.256. The molecule has 35 heavy (non-hydrogen) atoms. The molecule has 2 aromatic carbocycles. The zero-order valence-corrected chi connectivity index (χ0v) is 19.7. The summed E-state index contributed by atoms with van der Waals surface area (Å²) < 4.78 is 22.9. The van der Waals surface area contributed by atoms with Crippen LogP contribution in [0.25, 0.3) is 11.7 Å². The molecule has 0 spiro atoms. The summed E-state index contributed by atoms with van der Waals surface area (Å²) in [6.45, 7) is 5.34. The van der Waals surface area contributed by atoms with Crippen LogP contribution in [0.15, 0.2) is 69.5 Å². The molecule has 2 aromatic heterocycles. The number of aryl methyl sites for hydroxylation is 1. The van der Waals surface area contributed by atoms with E-state index in [1.807, 2.05) is 49.4 Å². The van der Waals surface area contributed by atoms with E-state index in [1.165, 1.54) is 5.56 Å². The van der Waals surface area contributed by atoms with Crippen LogP contribution in [0.4, 0.5) is 11.6 Å². The van der Waals surface area contributed by atoms with Crippen LogP contribution in [0.1, 0.15) is 17.0 Å². The Morgan fingerprint density at radius 3 is 2.26 bits per heavy atom. The number of methoxy groups -OCH3 is 1. The molecule has 0 bridgehead atoms. The van der Waals surface area contributed by atoms with Gasteiger partial charge in [-0.1, -0.05) is 17.7 Å². The first-order valence-electron chi connectivity index (χ1n) is 11.5. The third-order valence-electron chi connectivity index (χ3n) is 5.99. The molecule has 0 amide bonds. The Kier molecular flexibility index (Phi) is 6.31. The van der Waals surface area contributed by atoms with Crippen molar-refractivity contribution in [1.29, 1.82) is 5.26 Å². The molecule has 0 unspecified atom stereocenters. The summed E-state index contributed by atoms with van der Waals surface area (Å²) >= 11 is 0. The zero-order valence-electron chi connectivity index (χ0n) is 19.7. The van der Waals surface area contributed by atoms with E-state index in [9.17, 15) is 5.26 Å². The van der Waals surface area contributed by atoms with E-state index in [0.29, 0.717) is 30.5 Å². The molecule has 4 aromatic rings. The third-order valence-corrected chi connectivity index (χ3v) is 5.99. The van der Waals surface area contributed by atoms with E-state index < -0.39 is 0 Å². The Bertz CT molecular complexity index is 1310. The molecule has 0 atom stereocenters. The lowest BCUT2D eigenvalue weighted by Crippen LogP contribution is -2.46. The van der Waals surface area contributed by atoms with Gasteiger partial charge in [0.05, 0.1) is 7.11 Å². The number of hydrogen-bond acceptors (Lipinski definition) is 8. The number of benzene rings is 2. The maximum atomic E-state index is 9.65. The van der Waals surface area contributed by atoms with Crippen molar-refractivity contribution in [2.45, 2.75) is 13.5 Å². The smallest absolute Gasteiger partial charge is 0.266 e. The number of hydrogen-bond donors (Lipinski definition) is 0. The fraction of sp³-hybridized carbons (Fsp3) is 0.259. The number of oxazole rings is 1. The second-order valence-electron chi connectivity index (χ2n) is 8.32. The number of furan rings is 1. The van der Waals surface area contributed by atoms with Crippen LogP contribution in [-0.2, 0) is 6.61 Å². The van der Waals surface area contributed by atoms with Gasteiger partial charge in [0.2, 0.25) is 11.6 Å². The number of anilines is 2. The molecule has 8 nitrogen and oxygen atoms in total. The van der Waals surface area contributed by atoms with Crippen LogP contribution >= 0.6 is 0 Å². The van der Waals surface area contributed by atoms with Crippen molar-refractivity contribution < 1.29 is 18.3 Å². The van der Waals surface area contributed by atoms with Crippen LogP contribution in [0.2, 0.25) is 0 Å². The monoisotopic (exact) mass is 470 g/mol. The quantitative estimate of drug-likeness (QED) is 0.372. The molecule has 1 fully saturated rings. The fourth-order valence-corrected chi connectivity index (χ4v) is 4.02. The van der Waals surface area contributed by atoms with Gasteiger partial charge >= 0.3 is 0 Å². The highest BCUT2D eigenvalue weighted by Crippen LogP contribution is 2.31. The molecule has 3 heterocycles. The lowest BCUT2D eigenvalue weighted by molar-refractivity contribution is 0.271. The van der Waals surface area contributed by atoms with Gasteiger partial charge in [-0.05, 0) is 55.5 Å². The number of aromatic nitrogens is 1. The number of piperazine rings is 1. The highest BCUT2D eigenvalue weighted by Gasteiger charge is 2.25. The van der Waals surface area contributed by atoms with E-state index >= 15 is 0 Å². The average Bonchev–Trinajstić information content (AvgIpc) is 3.56. The molecule has 5 rings (SSSR count). The van der Waals surface area contributed by atoms with E-state index in [0.717, 1.165) is 30.3 Å². The summed E-state index contributed by atoms with van der Waals surface area (Å²) in [7, 11) is 1.66. The fourth-order valence-electron chi connectivity index (χ4n) is 4.02. The summed E-state index contributed by atoms with van der Waals surface area (Å²) in [5.41, 5.74) is 2.57. The van der Waals surface area contributed by atoms with Crippen LogP contribution < -0.4 is 19.3 Å². The molecule has 0 N–H and O–H groups in total. The normalized spacial score (nSPS) is 13.5.